The Kier molecular flexibility index (Phi) is 3.67. The van der Waals surface area contributed by atoms with Crippen LogP contribution in [0.25, 0.3) is 0 Å². The van der Waals surface area contributed by atoms with Gasteiger partial charge in [0.25, 0.3) is 10.0 Å². The van der Waals surface area contributed by atoms with Crippen molar-refractivity contribution in [1.29, 1.82) is 0 Å². The predicted molar refractivity (Wildman–Crippen MR) is 65.2 cm³/mol. The lowest BCUT2D eigenvalue weighted by atomic mass is 10.1. The third kappa shape index (κ3) is 2.39. The molecule has 0 radical (unpaired) electrons. The molecule has 0 aliphatic carbocycles. The van der Waals surface area contributed by atoms with E-state index in [1.165, 1.54) is 10.5 Å². The number of rotatable bonds is 3. The molecule has 2 N–H and O–H groups in total. The van der Waals surface area contributed by atoms with Crippen molar-refractivity contribution in [2.24, 2.45) is 5.16 Å². The molecule has 1 saturated heterocycles. The summed E-state index contributed by atoms with van der Waals surface area (Å²) in [6.45, 7) is 2.57. The molecular weight excluding hydrogens is 256 g/mol. The fourth-order valence-electron chi connectivity index (χ4n) is 1.88. The first-order valence-electron chi connectivity index (χ1n) is 5.81. The van der Waals surface area contributed by atoms with Gasteiger partial charge in [0.2, 0.25) is 0 Å². The van der Waals surface area contributed by atoms with E-state index in [0.717, 1.165) is 0 Å². The molecular formula is C10H16N4O3S. The Morgan fingerprint density at radius 3 is 2.67 bits per heavy atom. The van der Waals surface area contributed by atoms with Crippen LogP contribution in [0.4, 0.5) is 0 Å². The van der Waals surface area contributed by atoms with Crippen molar-refractivity contribution in [3.8, 4) is 0 Å². The summed E-state index contributed by atoms with van der Waals surface area (Å²) >= 11 is 0. The van der Waals surface area contributed by atoms with Gasteiger partial charge in [-0.05, 0) is 0 Å². The molecule has 1 aromatic rings. The second-order valence-electron chi connectivity index (χ2n) is 4.12. The average molecular weight is 272 g/mol. The maximum absolute atomic E-state index is 12.3. The van der Waals surface area contributed by atoms with Crippen LogP contribution in [0.2, 0.25) is 0 Å². The summed E-state index contributed by atoms with van der Waals surface area (Å²) in [4.78, 5) is 6.81. The summed E-state index contributed by atoms with van der Waals surface area (Å²) in [7, 11) is -3.50. The number of aromatic nitrogens is 2. The van der Waals surface area contributed by atoms with Crippen LogP contribution < -0.4 is 0 Å². The van der Waals surface area contributed by atoms with E-state index < -0.39 is 10.0 Å². The van der Waals surface area contributed by atoms with Gasteiger partial charge >= 0.3 is 0 Å². The second-order valence-corrected chi connectivity index (χ2v) is 6.02. The van der Waals surface area contributed by atoms with E-state index >= 15 is 0 Å². The Balaban J connectivity index is 2.17. The van der Waals surface area contributed by atoms with Crippen LogP contribution in [0.15, 0.2) is 16.4 Å². The number of sulfonamides is 1. The molecule has 2 rings (SSSR count). The van der Waals surface area contributed by atoms with Gasteiger partial charge in [-0.25, -0.2) is 13.4 Å². The van der Waals surface area contributed by atoms with Crippen molar-refractivity contribution in [3.63, 3.8) is 0 Å². The number of H-pyrrole nitrogens is 1. The van der Waals surface area contributed by atoms with Crippen LogP contribution in [0.5, 0.6) is 0 Å². The number of hydrogen-bond donors (Lipinski definition) is 2. The van der Waals surface area contributed by atoms with Crippen LogP contribution in [0.1, 0.15) is 25.6 Å². The molecule has 1 aliphatic heterocycles. The molecule has 0 bridgehead atoms. The molecule has 7 nitrogen and oxygen atoms in total. The number of aryl methyl sites for hydroxylation is 1. The second kappa shape index (κ2) is 5.07. The smallest absolute Gasteiger partial charge is 0.260 e. The number of nitrogens with one attached hydrogen (secondary N) is 1. The van der Waals surface area contributed by atoms with Crippen molar-refractivity contribution in [2.45, 2.75) is 31.2 Å². The van der Waals surface area contributed by atoms with E-state index in [1.54, 1.807) is 0 Å². The van der Waals surface area contributed by atoms with E-state index in [4.69, 9.17) is 5.21 Å². The maximum atomic E-state index is 12.3. The molecule has 0 unspecified atom stereocenters. The molecule has 18 heavy (non-hydrogen) atoms. The lowest BCUT2D eigenvalue weighted by Crippen LogP contribution is -2.38. The van der Waals surface area contributed by atoms with E-state index in [2.05, 4.69) is 15.1 Å². The first kappa shape index (κ1) is 13.0. The molecule has 0 amide bonds. The van der Waals surface area contributed by atoms with Gasteiger partial charge in [-0.3, -0.25) is 0 Å². The summed E-state index contributed by atoms with van der Waals surface area (Å²) in [5, 5.41) is 11.9. The average Bonchev–Trinajstić information content (AvgIpc) is 2.88. The monoisotopic (exact) mass is 272 g/mol. The van der Waals surface area contributed by atoms with Crippen LogP contribution in [0.3, 0.4) is 0 Å². The van der Waals surface area contributed by atoms with Gasteiger partial charge in [0, 0.05) is 32.4 Å². The Labute approximate surface area is 106 Å². The van der Waals surface area contributed by atoms with Crippen molar-refractivity contribution in [1.82, 2.24) is 14.3 Å². The van der Waals surface area contributed by atoms with Crippen LogP contribution in [-0.4, -0.2) is 46.7 Å². The summed E-state index contributed by atoms with van der Waals surface area (Å²) < 4.78 is 25.9. The van der Waals surface area contributed by atoms with E-state index in [0.29, 0.717) is 43.9 Å². The zero-order valence-corrected chi connectivity index (χ0v) is 10.9. The minimum Gasteiger partial charge on any atom is -0.411 e. The summed E-state index contributed by atoms with van der Waals surface area (Å²) in [6, 6.07) is 0. The highest BCUT2D eigenvalue weighted by molar-refractivity contribution is 7.89. The summed E-state index contributed by atoms with van der Waals surface area (Å²) in [5.74, 6) is 0.656. The number of aromatic amines is 1. The minimum atomic E-state index is -3.50. The largest absolute Gasteiger partial charge is 0.411 e. The Morgan fingerprint density at radius 2 is 2.17 bits per heavy atom. The van der Waals surface area contributed by atoms with E-state index in [9.17, 15) is 8.42 Å². The summed E-state index contributed by atoms with van der Waals surface area (Å²) in [6.07, 6.45) is 2.94. The van der Waals surface area contributed by atoms with Crippen LogP contribution in [-0.2, 0) is 16.4 Å². The molecule has 2 heterocycles. The van der Waals surface area contributed by atoms with E-state index in [-0.39, 0.29) is 5.03 Å². The van der Waals surface area contributed by atoms with Crippen molar-refractivity contribution in [2.75, 3.05) is 13.1 Å². The van der Waals surface area contributed by atoms with Gasteiger partial charge in [0.15, 0.2) is 5.03 Å². The fraction of sp³-hybridized carbons (Fsp3) is 0.600. The predicted octanol–water partition coefficient (Wildman–Crippen LogP) is 0.587. The van der Waals surface area contributed by atoms with Crippen LogP contribution in [0, 0.1) is 0 Å². The van der Waals surface area contributed by atoms with Gasteiger partial charge in [-0.1, -0.05) is 12.1 Å². The Bertz CT molecular complexity index is 539. The van der Waals surface area contributed by atoms with Gasteiger partial charge in [0.05, 0.1) is 11.9 Å². The zero-order chi connectivity index (χ0) is 13.2. The highest BCUT2D eigenvalue weighted by Gasteiger charge is 2.29. The normalized spacial score (nSPS) is 17.9. The van der Waals surface area contributed by atoms with Crippen molar-refractivity contribution in [3.05, 3.63) is 12.0 Å². The first-order valence-corrected chi connectivity index (χ1v) is 7.25. The Morgan fingerprint density at radius 1 is 1.50 bits per heavy atom. The molecule has 1 fully saturated rings. The lowest BCUT2D eigenvalue weighted by molar-refractivity contribution is 0.309. The van der Waals surface area contributed by atoms with Gasteiger partial charge in [-0.2, -0.15) is 4.31 Å². The maximum Gasteiger partial charge on any atom is 0.260 e. The van der Waals surface area contributed by atoms with Crippen LogP contribution >= 0.6 is 0 Å². The molecule has 100 valence electrons. The first-order chi connectivity index (χ1) is 8.57. The zero-order valence-electron chi connectivity index (χ0n) is 10.1. The number of hydrogen-bond acceptors (Lipinski definition) is 5. The number of imidazole rings is 1. The van der Waals surface area contributed by atoms with Crippen molar-refractivity contribution < 1.29 is 13.6 Å². The highest BCUT2D eigenvalue weighted by Crippen LogP contribution is 2.18. The molecule has 1 aromatic heterocycles. The van der Waals surface area contributed by atoms with Gasteiger partial charge in [-0.15, -0.1) is 0 Å². The molecule has 1 aliphatic rings. The van der Waals surface area contributed by atoms with Crippen molar-refractivity contribution >= 4 is 15.7 Å². The van der Waals surface area contributed by atoms with E-state index in [1.807, 2.05) is 6.92 Å². The topological polar surface area (TPSA) is 98.7 Å². The molecule has 0 saturated carbocycles. The highest BCUT2D eigenvalue weighted by atomic mass is 32.2. The molecule has 0 atom stereocenters. The standard InChI is InChI=1S/C10H16N4O3S/c1-2-9-11-7-10(12-9)18(16,17)14-5-3-8(13-15)4-6-14/h7,15H,2-6H2,1H3,(H,11,12). The molecule has 8 heteroatoms. The number of nitrogens with zero attached hydrogens (tertiary/aromatic N) is 3. The summed E-state index contributed by atoms with van der Waals surface area (Å²) in [5.41, 5.74) is 0.639. The lowest BCUT2D eigenvalue weighted by Gasteiger charge is -2.25. The molecule has 0 spiro atoms. The third-order valence-corrected chi connectivity index (χ3v) is 4.81. The number of piperidine rings is 1. The quantitative estimate of drug-likeness (QED) is 0.621. The SMILES string of the molecule is CCc1ncc(S(=O)(=O)N2CCC(=NO)CC2)[nH]1. The molecule has 0 aromatic carbocycles. The Hall–Kier alpha value is -1.41. The third-order valence-electron chi connectivity index (χ3n) is 3.00. The minimum absolute atomic E-state index is 0.128. The fourth-order valence-corrected chi connectivity index (χ4v) is 3.25. The van der Waals surface area contributed by atoms with Gasteiger partial charge < -0.3 is 10.2 Å². The number of oxime groups is 1. The van der Waals surface area contributed by atoms with Gasteiger partial charge in [0.1, 0.15) is 5.82 Å².